The molecule has 22 heavy (non-hydrogen) atoms. The van der Waals surface area contributed by atoms with E-state index >= 15 is 0 Å². The zero-order valence-electron chi connectivity index (χ0n) is 12.8. The van der Waals surface area contributed by atoms with Crippen LogP contribution < -0.4 is 5.32 Å². The van der Waals surface area contributed by atoms with Crippen molar-refractivity contribution in [1.82, 2.24) is 15.1 Å². The number of hydrogen-bond acceptors (Lipinski definition) is 3. The average molecular weight is 324 g/mol. The Kier molecular flexibility index (Phi) is 6.21. The van der Waals surface area contributed by atoms with Crippen LogP contribution in [0.5, 0.6) is 0 Å². The van der Waals surface area contributed by atoms with E-state index in [4.69, 9.17) is 11.6 Å². The molecule has 2 amide bonds. The van der Waals surface area contributed by atoms with E-state index in [0.29, 0.717) is 30.1 Å². The number of amides is 2. The molecule has 1 aliphatic heterocycles. The van der Waals surface area contributed by atoms with Gasteiger partial charge in [-0.2, -0.15) is 0 Å². The normalized spacial score (nSPS) is 14.7. The fourth-order valence-electron chi connectivity index (χ4n) is 2.51. The van der Waals surface area contributed by atoms with E-state index in [2.05, 4.69) is 5.32 Å². The van der Waals surface area contributed by atoms with Gasteiger partial charge >= 0.3 is 0 Å². The summed E-state index contributed by atoms with van der Waals surface area (Å²) in [5.41, 5.74) is 0.559. The van der Waals surface area contributed by atoms with Crippen LogP contribution in [0.15, 0.2) is 24.3 Å². The molecule has 0 aromatic heterocycles. The molecule has 120 valence electrons. The molecule has 0 bridgehead atoms. The van der Waals surface area contributed by atoms with E-state index in [-0.39, 0.29) is 11.8 Å². The van der Waals surface area contributed by atoms with Gasteiger partial charge in [-0.3, -0.25) is 9.59 Å². The summed E-state index contributed by atoms with van der Waals surface area (Å²) in [6.45, 7) is 6.08. The molecule has 6 heteroatoms. The maximum absolute atomic E-state index is 12.4. The van der Waals surface area contributed by atoms with Crippen molar-refractivity contribution in [2.75, 3.05) is 39.3 Å². The SMILES string of the molecule is CCN(CCC(=O)N1CCNCC1)C(=O)c1cccc(Cl)c1. The van der Waals surface area contributed by atoms with Crippen LogP contribution >= 0.6 is 11.6 Å². The minimum Gasteiger partial charge on any atom is -0.340 e. The second kappa shape index (κ2) is 8.15. The van der Waals surface area contributed by atoms with Gasteiger partial charge in [0.15, 0.2) is 0 Å². The molecule has 1 heterocycles. The van der Waals surface area contributed by atoms with Gasteiger partial charge in [-0.25, -0.2) is 0 Å². The zero-order valence-corrected chi connectivity index (χ0v) is 13.6. The average Bonchev–Trinajstić information content (AvgIpc) is 2.55. The van der Waals surface area contributed by atoms with Gasteiger partial charge in [0.2, 0.25) is 5.91 Å². The summed E-state index contributed by atoms with van der Waals surface area (Å²) in [6, 6.07) is 6.90. The van der Waals surface area contributed by atoms with Crippen LogP contribution in [0.25, 0.3) is 0 Å². The Morgan fingerprint density at radius 1 is 1.32 bits per heavy atom. The van der Waals surface area contributed by atoms with Crippen LogP contribution in [-0.4, -0.2) is 60.9 Å². The number of nitrogens with zero attached hydrogens (tertiary/aromatic N) is 2. The van der Waals surface area contributed by atoms with Crippen molar-refractivity contribution >= 4 is 23.4 Å². The minimum absolute atomic E-state index is 0.0851. The third kappa shape index (κ3) is 4.45. The highest BCUT2D eigenvalue weighted by molar-refractivity contribution is 6.30. The molecule has 1 saturated heterocycles. The number of piperazine rings is 1. The van der Waals surface area contributed by atoms with Crippen LogP contribution in [0.2, 0.25) is 5.02 Å². The Balaban J connectivity index is 1.91. The Labute approximate surface area is 136 Å². The first-order valence-corrected chi connectivity index (χ1v) is 8.03. The number of carbonyl (C=O) groups is 2. The standard InChI is InChI=1S/C16H22ClN3O2/c1-2-19(16(22)13-4-3-5-14(17)12-13)9-6-15(21)20-10-7-18-8-11-20/h3-5,12,18H,2,6-11H2,1H3. The highest BCUT2D eigenvalue weighted by atomic mass is 35.5. The van der Waals surface area contributed by atoms with E-state index in [0.717, 1.165) is 26.2 Å². The highest BCUT2D eigenvalue weighted by Gasteiger charge is 2.19. The van der Waals surface area contributed by atoms with E-state index in [1.54, 1.807) is 29.2 Å². The summed E-state index contributed by atoms with van der Waals surface area (Å²) in [6.07, 6.45) is 0.361. The summed E-state index contributed by atoms with van der Waals surface area (Å²) < 4.78 is 0. The number of nitrogens with one attached hydrogen (secondary N) is 1. The van der Waals surface area contributed by atoms with Crippen LogP contribution in [0.1, 0.15) is 23.7 Å². The molecule has 5 nitrogen and oxygen atoms in total. The highest BCUT2D eigenvalue weighted by Crippen LogP contribution is 2.13. The van der Waals surface area contributed by atoms with Gasteiger partial charge < -0.3 is 15.1 Å². The quantitative estimate of drug-likeness (QED) is 0.896. The van der Waals surface area contributed by atoms with Gasteiger partial charge in [0.1, 0.15) is 0 Å². The van der Waals surface area contributed by atoms with Gasteiger partial charge in [0.25, 0.3) is 5.91 Å². The van der Waals surface area contributed by atoms with Crippen molar-refractivity contribution in [2.24, 2.45) is 0 Å². The van der Waals surface area contributed by atoms with Crippen molar-refractivity contribution in [1.29, 1.82) is 0 Å². The molecule has 0 spiro atoms. The lowest BCUT2D eigenvalue weighted by molar-refractivity contribution is -0.131. The predicted octanol–water partition coefficient (Wildman–Crippen LogP) is 1.62. The molecular formula is C16H22ClN3O2. The molecule has 1 fully saturated rings. The number of carbonyl (C=O) groups excluding carboxylic acids is 2. The van der Waals surface area contributed by atoms with Crippen LogP contribution in [-0.2, 0) is 4.79 Å². The molecule has 0 atom stereocenters. The first-order valence-electron chi connectivity index (χ1n) is 7.65. The Morgan fingerprint density at radius 3 is 2.68 bits per heavy atom. The van der Waals surface area contributed by atoms with E-state index in [1.807, 2.05) is 11.8 Å². The number of halogens is 1. The van der Waals surface area contributed by atoms with Crippen LogP contribution in [0, 0.1) is 0 Å². The fraction of sp³-hybridized carbons (Fsp3) is 0.500. The van der Waals surface area contributed by atoms with Gasteiger partial charge in [0, 0.05) is 56.3 Å². The second-order valence-electron chi connectivity index (χ2n) is 5.28. The van der Waals surface area contributed by atoms with Gasteiger partial charge in [0.05, 0.1) is 0 Å². The maximum atomic E-state index is 12.4. The molecule has 1 aromatic rings. The van der Waals surface area contributed by atoms with Crippen LogP contribution in [0.3, 0.4) is 0 Å². The molecule has 1 N–H and O–H groups in total. The smallest absolute Gasteiger partial charge is 0.253 e. The van der Waals surface area contributed by atoms with Crippen molar-refractivity contribution < 1.29 is 9.59 Å². The molecular weight excluding hydrogens is 302 g/mol. The van der Waals surface area contributed by atoms with Gasteiger partial charge in [-0.15, -0.1) is 0 Å². The Hall–Kier alpha value is -1.59. The number of benzene rings is 1. The Bertz CT molecular complexity index is 530. The van der Waals surface area contributed by atoms with Crippen LogP contribution in [0.4, 0.5) is 0 Å². The largest absolute Gasteiger partial charge is 0.340 e. The van der Waals surface area contributed by atoms with Gasteiger partial charge in [-0.05, 0) is 25.1 Å². The predicted molar refractivity (Wildman–Crippen MR) is 87.1 cm³/mol. The lowest BCUT2D eigenvalue weighted by Crippen LogP contribution is -2.47. The topological polar surface area (TPSA) is 52.7 Å². The lowest BCUT2D eigenvalue weighted by atomic mass is 10.2. The zero-order chi connectivity index (χ0) is 15.9. The lowest BCUT2D eigenvalue weighted by Gasteiger charge is -2.28. The first-order chi connectivity index (χ1) is 10.6. The van der Waals surface area contributed by atoms with E-state index < -0.39 is 0 Å². The summed E-state index contributed by atoms with van der Waals surface area (Å²) in [5, 5.41) is 3.76. The third-order valence-corrected chi connectivity index (χ3v) is 4.04. The minimum atomic E-state index is -0.0851. The number of hydrogen-bond donors (Lipinski definition) is 1. The van der Waals surface area contributed by atoms with E-state index in [9.17, 15) is 9.59 Å². The summed E-state index contributed by atoms with van der Waals surface area (Å²) >= 11 is 5.93. The Morgan fingerprint density at radius 2 is 2.05 bits per heavy atom. The molecule has 0 radical (unpaired) electrons. The molecule has 0 aliphatic carbocycles. The van der Waals surface area contributed by atoms with Crippen molar-refractivity contribution in [2.45, 2.75) is 13.3 Å². The monoisotopic (exact) mass is 323 g/mol. The summed E-state index contributed by atoms with van der Waals surface area (Å²) in [4.78, 5) is 28.2. The van der Waals surface area contributed by atoms with Crippen molar-refractivity contribution in [3.05, 3.63) is 34.9 Å². The maximum Gasteiger partial charge on any atom is 0.253 e. The molecule has 0 saturated carbocycles. The fourth-order valence-corrected chi connectivity index (χ4v) is 2.70. The molecule has 1 aliphatic rings. The molecule has 0 unspecified atom stereocenters. The van der Waals surface area contributed by atoms with E-state index in [1.165, 1.54) is 0 Å². The van der Waals surface area contributed by atoms with Crippen molar-refractivity contribution in [3.63, 3.8) is 0 Å². The van der Waals surface area contributed by atoms with Crippen molar-refractivity contribution in [3.8, 4) is 0 Å². The first kappa shape index (κ1) is 16.8. The summed E-state index contributed by atoms with van der Waals surface area (Å²) in [5.74, 6) is 0.0250. The molecule has 1 aromatic carbocycles. The number of rotatable bonds is 5. The molecule has 2 rings (SSSR count). The third-order valence-electron chi connectivity index (χ3n) is 3.81. The van der Waals surface area contributed by atoms with Gasteiger partial charge in [-0.1, -0.05) is 17.7 Å². The summed E-state index contributed by atoms with van der Waals surface area (Å²) in [7, 11) is 0. The second-order valence-corrected chi connectivity index (χ2v) is 5.71.